The summed E-state index contributed by atoms with van der Waals surface area (Å²) in [7, 11) is 0. The summed E-state index contributed by atoms with van der Waals surface area (Å²) in [6.45, 7) is 6.67. The SMILES string of the molecule is CCCCCc1ccc(-c2ccc(C#Cc3ccc(CCCC)cc3)cc2C)cc1. The third-order valence-corrected chi connectivity index (χ3v) is 5.68. The van der Waals surface area contributed by atoms with E-state index in [0.717, 1.165) is 17.5 Å². The zero-order valence-corrected chi connectivity index (χ0v) is 18.8. The van der Waals surface area contributed by atoms with Crippen molar-refractivity contribution in [2.45, 2.75) is 65.7 Å². The molecule has 0 aliphatic heterocycles. The van der Waals surface area contributed by atoms with Crippen molar-refractivity contribution in [1.82, 2.24) is 0 Å². The van der Waals surface area contributed by atoms with Gasteiger partial charge in [0.25, 0.3) is 0 Å². The van der Waals surface area contributed by atoms with Gasteiger partial charge in [0.15, 0.2) is 0 Å². The van der Waals surface area contributed by atoms with Crippen molar-refractivity contribution in [3.63, 3.8) is 0 Å². The van der Waals surface area contributed by atoms with Gasteiger partial charge in [-0.3, -0.25) is 0 Å². The Morgan fingerprint density at radius 3 is 1.80 bits per heavy atom. The molecule has 0 saturated heterocycles. The van der Waals surface area contributed by atoms with Gasteiger partial charge in [0.2, 0.25) is 0 Å². The van der Waals surface area contributed by atoms with Gasteiger partial charge in [-0.2, -0.15) is 0 Å². The highest BCUT2D eigenvalue weighted by molar-refractivity contribution is 5.68. The molecule has 3 aromatic carbocycles. The lowest BCUT2D eigenvalue weighted by Gasteiger charge is -2.08. The fourth-order valence-corrected chi connectivity index (χ4v) is 3.78. The monoisotopic (exact) mass is 394 g/mol. The first-order valence-corrected chi connectivity index (χ1v) is 11.5. The fraction of sp³-hybridized carbons (Fsp3) is 0.333. The predicted octanol–water partition coefficient (Wildman–Crippen LogP) is 8.14. The van der Waals surface area contributed by atoms with E-state index in [2.05, 4.69) is 99.3 Å². The van der Waals surface area contributed by atoms with E-state index in [0.29, 0.717) is 0 Å². The van der Waals surface area contributed by atoms with Gasteiger partial charge >= 0.3 is 0 Å². The van der Waals surface area contributed by atoms with Crippen LogP contribution in [0.3, 0.4) is 0 Å². The first-order chi connectivity index (χ1) is 14.7. The zero-order chi connectivity index (χ0) is 21.2. The average Bonchev–Trinajstić information content (AvgIpc) is 2.78. The molecule has 30 heavy (non-hydrogen) atoms. The van der Waals surface area contributed by atoms with Crippen LogP contribution in [0.4, 0.5) is 0 Å². The largest absolute Gasteiger partial charge is 0.0654 e. The Balaban J connectivity index is 1.68. The molecule has 0 heterocycles. The number of aryl methyl sites for hydroxylation is 3. The molecule has 0 radical (unpaired) electrons. The third kappa shape index (κ3) is 6.36. The summed E-state index contributed by atoms with van der Waals surface area (Å²) in [6, 6.07) is 24.3. The topological polar surface area (TPSA) is 0 Å². The van der Waals surface area contributed by atoms with Gasteiger partial charge in [-0.25, -0.2) is 0 Å². The van der Waals surface area contributed by atoms with E-state index in [4.69, 9.17) is 0 Å². The summed E-state index contributed by atoms with van der Waals surface area (Å²) in [5.41, 5.74) is 8.84. The summed E-state index contributed by atoms with van der Waals surface area (Å²) < 4.78 is 0. The minimum atomic E-state index is 1.07. The minimum absolute atomic E-state index is 1.07. The second-order valence-corrected chi connectivity index (χ2v) is 8.23. The van der Waals surface area contributed by atoms with Crippen molar-refractivity contribution in [2.24, 2.45) is 0 Å². The Morgan fingerprint density at radius 2 is 1.17 bits per heavy atom. The molecule has 0 aliphatic rings. The van der Waals surface area contributed by atoms with Gasteiger partial charge in [-0.15, -0.1) is 0 Å². The average molecular weight is 395 g/mol. The molecule has 0 bridgehead atoms. The van der Waals surface area contributed by atoms with Gasteiger partial charge in [0.1, 0.15) is 0 Å². The Bertz CT molecular complexity index is 979. The van der Waals surface area contributed by atoms with Crippen molar-refractivity contribution in [2.75, 3.05) is 0 Å². The van der Waals surface area contributed by atoms with E-state index in [1.807, 2.05) is 0 Å². The fourth-order valence-electron chi connectivity index (χ4n) is 3.78. The summed E-state index contributed by atoms with van der Waals surface area (Å²) in [5, 5.41) is 0. The first kappa shape index (κ1) is 21.9. The molecule has 3 aromatic rings. The van der Waals surface area contributed by atoms with Crippen LogP contribution in [0.2, 0.25) is 0 Å². The van der Waals surface area contributed by atoms with Gasteiger partial charge in [0.05, 0.1) is 0 Å². The van der Waals surface area contributed by atoms with Gasteiger partial charge in [-0.05, 0) is 84.7 Å². The zero-order valence-electron chi connectivity index (χ0n) is 18.8. The molecule has 0 aromatic heterocycles. The van der Waals surface area contributed by atoms with Crippen LogP contribution in [-0.2, 0) is 12.8 Å². The molecule has 0 heteroatoms. The quantitative estimate of drug-likeness (QED) is 0.267. The summed E-state index contributed by atoms with van der Waals surface area (Å²) in [4.78, 5) is 0. The van der Waals surface area contributed by atoms with Crippen LogP contribution in [-0.4, -0.2) is 0 Å². The van der Waals surface area contributed by atoms with E-state index in [1.165, 1.54) is 66.3 Å². The maximum absolute atomic E-state index is 3.33. The van der Waals surface area contributed by atoms with E-state index in [9.17, 15) is 0 Å². The Hall–Kier alpha value is -2.78. The first-order valence-electron chi connectivity index (χ1n) is 11.5. The van der Waals surface area contributed by atoms with Gasteiger partial charge in [-0.1, -0.05) is 87.4 Å². The van der Waals surface area contributed by atoms with Crippen molar-refractivity contribution in [1.29, 1.82) is 0 Å². The molecule has 0 spiro atoms. The highest BCUT2D eigenvalue weighted by Gasteiger charge is 2.03. The highest BCUT2D eigenvalue weighted by atomic mass is 14.1. The molecule has 0 atom stereocenters. The van der Waals surface area contributed by atoms with Crippen molar-refractivity contribution < 1.29 is 0 Å². The maximum atomic E-state index is 3.33. The normalized spacial score (nSPS) is 10.5. The van der Waals surface area contributed by atoms with Crippen LogP contribution < -0.4 is 0 Å². The number of benzene rings is 3. The second-order valence-electron chi connectivity index (χ2n) is 8.23. The standard InChI is InChI=1S/C30H34/c1-4-6-8-10-26-17-20-29(21-18-26)30-22-19-28(23-24(30)3)16-15-27-13-11-25(12-14-27)9-7-5-2/h11-14,17-23H,4-10H2,1-3H3. The molecular formula is C30H34. The van der Waals surface area contributed by atoms with E-state index in [-0.39, 0.29) is 0 Å². The molecule has 0 saturated carbocycles. The molecule has 154 valence electrons. The Labute approximate surface area is 183 Å². The molecular weight excluding hydrogens is 360 g/mol. The molecule has 0 fully saturated rings. The summed E-state index contributed by atoms with van der Waals surface area (Å²) in [6.07, 6.45) is 8.69. The lowest BCUT2D eigenvalue weighted by atomic mass is 9.96. The maximum Gasteiger partial charge on any atom is 0.0252 e. The van der Waals surface area contributed by atoms with Gasteiger partial charge in [0, 0.05) is 11.1 Å². The second kappa shape index (κ2) is 11.4. The lowest BCUT2D eigenvalue weighted by Crippen LogP contribution is -1.88. The number of unbranched alkanes of at least 4 members (excludes halogenated alkanes) is 3. The van der Waals surface area contributed by atoms with Crippen LogP contribution >= 0.6 is 0 Å². The van der Waals surface area contributed by atoms with Crippen LogP contribution in [0.5, 0.6) is 0 Å². The number of hydrogen-bond acceptors (Lipinski definition) is 0. The molecule has 0 nitrogen and oxygen atoms in total. The Kier molecular flexibility index (Phi) is 8.34. The van der Waals surface area contributed by atoms with Crippen LogP contribution in [0.15, 0.2) is 66.7 Å². The van der Waals surface area contributed by atoms with E-state index >= 15 is 0 Å². The minimum Gasteiger partial charge on any atom is -0.0654 e. The number of rotatable bonds is 8. The third-order valence-electron chi connectivity index (χ3n) is 5.68. The molecule has 0 unspecified atom stereocenters. The molecule has 0 N–H and O–H groups in total. The summed E-state index contributed by atoms with van der Waals surface area (Å²) in [5.74, 6) is 6.64. The van der Waals surface area contributed by atoms with Crippen molar-refractivity contribution >= 4 is 0 Å². The molecule has 0 aliphatic carbocycles. The molecule has 3 rings (SSSR count). The Morgan fingerprint density at radius 1 is 0.600 bits per heavy atom. The lowest BCUT2D eigenvalue weighted by molar-refractivity contribution is 0.717. The number of hydrogen-bond donors (Lipinski definition) is 0. The van der Waals surface area contributed by atoms with Crippen LogP contribution in [0.25, 0.3) is 11.1 Å². The van der Waals surface area contributed by atoms with E-state index in [1.54, 1.807) is 0 Å². The van der Waals surface area contributed by atoms with E-state index < -0.39 is 0 Å². The van der Waals surface area contributed by atoms with Crippen LogP contribution in [0.1, 0.15) is 73.8 Å². The highest BCUT2D eigenvalue weighted by Crippen LogP contribution is 2.25. The smallest absolute Gasteiger partial charge is 0.0252 e. The summed E-state index contributed by atoms with van der Waals surface area (Å²) >= 11 is 0. The van der Waals surface area contributed by atoms with Crippen molar-refractivity contribution in [3.05, 3.63) is 94.5 Å². The molecule has 0 amide bonds. The van der Waals surface area contributed by atoms with Gasteiger partial charge < -0.3 is 0 Å². The van der Waals surface area contributed by atoms with Crippen LogP contribution in [0, 0.1) is 18.8 Å². The van der Waals surface area contributed by atoms with Crippen molar-refractivity contribution in [3.8, 4) is 23.0 Å². The predicted molar refractivity (Wildman–Crippen MR) is 131 cm³/mol.